The Hall–Kier alpha value is -4.19. The number of halogens is 4. The Kier molecular flexibility index (Phi) is 11.4. The SMILES string of the molecule is COc1nc(-c2cccc(-c3cccc4c3CC[C@@H]4Oc3nc(OC)c(CCCC4CC(C)(O)C4)cc3C(F)(F)F)c2Cl)ccc1CNC[C@@H]1CCC(=O)C1. The zero-order valence-electron chi connectivity index (χ0n) is 31.4. The fourth-order valence-electron chi connectivity index (χ4n) is 8.61. The highest BCUT2D eigenvalue weighted by molar-refractivity contribution is 6.36. The van der Waals surface area contributed by atoms with Crippen molar-refractivity contribution in [3.05, 3.63) is 87.4 Å². The number of fused-ring (bicyclic) bond motifs is 1. The number of nitrogens with one attached hydrogen (secondary N) is 1. The van der Waals surface area contributed by atoms with Crippen molar-refractivity contribution in [1.29, 1.82) is 0 Å². The predicted molar refractivity (Wildman–Crippen MR) is 204 cm³/mol. The van der Waals surface area contributed by atoms with Crippen molar-refractivity contribution in [2.75, 3.05) is 20.8 Å². The number of aliphatic hydroxyl groups is 1. The van der Waals surface area contributed by atoms with E-state index < -0.39 is 29.3 Å². The Bertz CT molecular complexity index is 2050. The maximum absolute atomic E-state index is 14.5. The number of ketones is 1. The van der Waals surface area contributed by atoms with Gasteiger partial charge in [-0.1, -0.05) is 54.1 Å². The van der Waals surface area contributed by atoms with E-state index in [9.17, 15) is 23.1 Å². The molecule has 0 unspecified atom stereocenters. The second kappa shape index (κ2) is 16.1. The number of ether oxygens (including phenoxy) is 3. The minimum Gasteiger partial charge on any atom is -0.481 e. The minimum absolute atomic E-state index is 0.121. The highest BCUT2D eigenvalue weighted by atomic mass is 35.5. The molecule has 7 rings (SSSR count). The first-order chi connectivity index (χ1) is 26.3. The van der Waals surface area contributed by atoms with Crippen LogP contribution in [0.5, 0.6) is 17.6 Å². The van der Waals surface area contributed by atoms with Gasteiger partial charge in [-0.3, -0.25) is 4.79 Å². The number of pyridine rings is 2. The van der Waals surface area contributed by atoms with Crippen LogP contribution in [0.1, 0.15) is 92.2 Å². The molecule has 4 aromatic rings. The fourth-order valence-corrected chi connectivity index (χ4v) is 8.94. The first kappa shape index (κ1) is 39.1. The number of hydrogen-bond donors (Lipinski definition) is 2. The summed E-state index contributed by atoms with van der Waals surface area (Å²) < 4.78 is 60.8. The van der Waals surface area contributed by atoms with Gasteiger partial charge in [0.25, 0.3) is 0 Å². The van der Waals surface area contributed by atoms with Crippen LogP contribution < -0.4 is 19.5 Å². The molecule has 2 heterocycles. The van der Waals surface area contributed by atoms with Gasteiger partial charge in [-0.15, -0.1) is 0 Å². The van der Waals surface area contributed by atoms with Gasteiger partial charge in [-0.25, -0.2) is 4.98 Å². The molecule has 292 valence electrons. The molecule has 2 atom stereocenters. The molecule has 55 heavy (non-hydrogen) atoms. The van der Waals surface area contributed by atoms with Gasteiger partial charge < -0.3 is 24.6 Å². The normalized spacial score (nSPS) is 22.0. The highest BCUT2D eigenvalue weighted by Crippen LogP contribution is 2.46. The molecule has 3 aliphatic carbocycles. The van der Waals surface area contributed by atoms with Crippen molar-refractivity contribution < 1.29 is 37.3 Å². The summed E-state index contributed by atoms with van der Waals surface area (Å²) >= 11 is 7.13. The first-order valence-corrected chi connectivity index (χ1v) is 19.4. The maximum atomic E-state index is 14.5. The molecule has 2 fully saturated rings. The summed E-state index contributed by atoms with van der Waals surface area (Å²) in [4.78, 5) is 20.7. The van der Waals surface area contributed by atoms with Crippen LogP contribution in [0.15, 0.2) is 54.6 Å². The van der Waals surface area contributed by atoms with Crippen molar-refractivity contribution in [1.82, 2.24) is 15.3 Å². The van der Waals surface area contributed by atoms with E-state index in [-0.39, 0.29) is 5.88 Å². The summed E-state index contributed by atoms with van der Waals surface area (Å²) in [6.45, 7) is 3.12. The van der Waals surface area contributed by atoms with E-state index in [1.54, 1.807) is 7.11 Å². The Morgan fingerprint density at radius 3 is 2.35 bits per heavy atom. The van der Waals surface area contributed by atoms with E-state index in [1.807, 2.05) is 55.5 Å². The van der Waals surface area contributed by atoms with Gasteiger partial charge in [-0.2, -0.15) is 18.2 Å². The number of Topliss-reactive ketones (excluding diaryl/α,β-unsaturated/α-hetero) is 1. The van der Waals surface area contributed by atoms with Gasteiger partial charge in [0.15, 0.2) is 0 Å². The number of rotatable bonds is 14. The van der Waals surface area contributed by atoms with E-state index in [2.05, 4.69) is 10.3 Å². The van der Waals surface area contributed by atoms with Crippen molar-refractivity contribution in [2.24, 2.45) is 11.8 Å². The predicted octanol–water partition coefficient (Wildman–Crippen LogP) is 9.51. The first-order valence-electron chi connectivity index (χ1n) is 19.0. The lowest BCUT2D eigenvalue weighted by atomic mass is 9.70. The van der Waals surface area contributed by atoms with Gasteiger partial charge in [-0.05, 0) is 105 Å². The van der Waals surface area contributed by atoms with Gasteiger partial charge in [0, 0.05) is 41.6 Å². The van der Waals surface area contributed by atoms with Crippen LogP contribution in [0.3, 0.4) is 0 Å². The molecule has 0 saturated heterocycles. The molecule has 0 bridgehead atoms. The number of benzene rings is 2. The third-order valence-electron chi connectivity index (χ3n) is 11.3. The molecular formula is C43H47ClF3N3O5. The Labute approximate surface area is 324 Å². The summed E-state index contributed by atoms with van der Waals surface area (Å²) in [6.07, 6.45) is 1.16. The van der Waals surface area contributed by atoms with E-state index in [4.69, 9.17) is 30.8 Å². The molecule has 0 aliphatic heterocycles. The number of carbonyl (C=O) groups excluding carboxylic acids is 1. The zero-order chi connectivity index (χ0) is 38.9. The number of aryl methyl sites for hydroxylation is 1. The third-order valence-corrected chi connectivity index (χ3v) is 11.7. The lowest BCUT2D eigenvalue weighted by molar-refractivity contribution is -0.139. The van der Waals surface area contributed by atoms with Gasteiger partial charge in [0.05, 0.1) is 30.5 Å². The van der Waals surface area contributed by atoms with Crippen molar-refractivity contribution in [2.45, 2.75) is 95.6 Å². The molecule has 2 saturated carbocycles. The summed E-state index contributed by atoms with van der Waals surface area (Å²) in [7, 11) is 2.98. The van der Waals surface area contributed by atoms with Crippen LogP contribution in [0, 0.1) is 11.8 Å². The second-order valence-electron chi connectivity index (χ2n) is 15.5. The average molecular weight is 778 g/mol. The number of carbonyl (C=O) groups is 1. The number of methoxy groups -OCH3 is 2. The Balaban J connectivity index is 1.10. The summed E-state index contributed by atoms with van der Waals surface area (Å²) in [5, 5.41) is 14.0. The Morgan fingerprint density at radius 1 is 0.909 bits per heavy atom. The van der Waals surface area contributed by atoms with E-state index >= 15 is 0 Å². The fraction of sp³-hybridized carbons (Fsp3) is 0.465. The molecule has 3 aliphatic rings. The van der Waals surface area contributed by atoms with Gasteiger partial charge in [0.2, 0.25) is 17.6 Å². The zero-order valence-corrected chi connectivity index (χ0v) is 32.2. The Morgan fingerprint density at radius 2 is 1.64 bits per heavy atom. The monoisotopic (exact) mass is 777 g/mol. The molecule has 2 aromatic carbocycles. The van der Waals surface area contributed by atoms with E-state index in [0.717, 1.165) is 58.8 Å². The largest absolute Gasteiger partial charge is 0.481 e. The lowest BCUT2D eigenvalue weighted by Crippen LogP contribution is -2.40. The standard InChI is InChI=1S/C43H47ClF3N3O5/c1-42(52)21-26(22-42)7-4-8-27-20-35(43(45,46)47)41(50-39(27)53-2)55-37-18-16-31-30(9-5-10-32(31)37)33-11-6-12-34(38(33)44)36-17-14-28(40(49-36)54-3)24-48-23-25-13-15-29(51)19-25/h5-6,9-12,14,17,20,25-26,37,48,52H,4,7-8,13,15-16,18-19,21-24H2,1-3H3/t25-,26?,37+,42?/m1/s1. The maximum Gasteiger partial charge on any atom is 0.421 e. The van der Waals surface area contributed by atoms with Crippen molar-refractivity contribution >= 4 is 17.4 Å². The number of nitrogens with zero attached hydrogens (tertiary/aromatic N) is 2. The topological polar surface area (TPSA) is 103 Å². The summed E-state index contributed by atoms with van der Waals surface area (Å²) in [5.74, 6) is 1.15. The average Bonchev–Trinajstić information content (AvgIpc) is 3.76. The summed E-state index contributed by atoms with van der Waals surface area (Å²) in [5.41, 5.74) is 4.46. The minimum atomic E-state index is -4.68. The highest BCUT2D eigenvalue weighted by Gasteiger charge is 2.40. The second-order valence-corrected chi connectivity index (χ2v) is 15.9. The molecule has 2 N–H and O–H groups in total. The molecule has 0 spiro atoms. The molecule has 12 heteroatoms. The molecule has 0 amide bonds. The molecule has 8 nitrogen and oxygen atoms in total. The quantitative estimate of drug-likeness (QED) is 0.131. The van der Waals surface area contributed by atoms with Gasteiger partial charge >= 0.3 is 6.18 Å². The van der Waals surface area contributed by atoms with Crippen LogP contribution in [-0.2, 0) is 30.4 Å². The van der Waals surface area contributed by atoms with Crippen molar-refractivity contribution in [3.63, 3.8) is 0 Å². The lowest BCUT2D eigenvalue weighted by Gasteiger charge is -2.41. The third kappa shape index (κ3) is 8.64. The van der Waals surface area contributed by atoms with Crippen LogP contribution in [0.4, 0.5) is 13.2 Å². The van der Waals surface area contributed by atoms with Crippen LogP contribution in [0.25, 0.3) is 22.4 Å². The van der Waals surface area contributed by atoms with E-state index in [0.29, 0.717) is 97.7 Å². The number of hydrogen-bond acceptors (Lipinski definition) is 8. The van der Waals surface area contributed by atoms with E-state index in [1.165, 1.54) is 7.11 Å². The molecular weight excluding hydrogens is 731 g/mol. The van der Waals surface area contributed by atoms with Crippen LogP contribution in [-0.4, -0.2) is 47.2 Å². The van der Waals surface area contributed by atoms with Crippen LogP contribution >= 0.6 is 11.6 Å². The number of alkyl halides is 3. The van der Waals surface area contributed by atoms with Gasteiger partial charge in [0.1, 0.15) is 17.5 Å². The summed E-state index contributed by atoms with van der Waals surface area (Å²) in [6, 6.07) is 16.4. The van der Waals surface area contributed by atoms with Crippen molar-refractivity contribution in [3.8, 4) is 40.0 Å². The van der Waals surface area contributed by atoms with Crippen LogP contribution in [0.2, 0.25) is 5.02 Å². The smallest absolute Gasteiger partial charge is 0.421 e. The molecule has 0 radical (unpaired) electrons. The number of aromatic nitrogens is 2. The molecule has 2 aromatic heterocycles.